The average molecular weight is 482 g/mol. The number of nitrogens with zero attached hydrogens (tertiary/aromatic N) is 1. The lowest BCUT2D eigenvalue weighted by Crippen LogP contribution is -2.50. The molecule has 1 rings (SSSR count). The summed E-state index contributed by atoms with van der Waals surface area (Å²) in [5.74, 6) is 1.24. The number of hydrogen-bond donors (Lipinski definition) is 3. The zero-order valence-electron chi connectivity index (χ0n) is 17.6. The van der Waals surface area contributed by atoms with Gasteiger partial charge < -0.3 is 20.7 Å². The quantitative estimate of drug-likeness (QED) is 0.309. The predicted molar refractivity (Wildman–Crippen MR) is 119 cm³/mol. The average Bonchev–Trinajstić information content (AvgIpc) is 2.54. The summed E-state index contributed by atoms with van der Waals surface area (Å²) in [5, 5.41) is 9.57. The molecule has 1 amide bonds. The van der Waals surface area contributed by atoms with Crippen LogP contribution < -0.4 is 16.0 Å². The molecule has 1 heterocycles. The van der Waals surface area contributed by atoms with Gasteiger partial charge in [-0.3, -0.25) is 9.79 Å². The van der Waals surface area contributed by atoms with Gasteiger partial charge in [-0.05, 0) is 39.0 Å². The lowest BCUT2D eigenvalue weighted by atomic mass is 9.78. The molecule has 0 aromatic rings. The highest BCUT2D eigenvalue weighted by atomic mass is 127. The van der Waals surface area contributed by atoms with Crippen LogP contribution in [0.25, 0.3) is 0 Å². The topological polar surface area (TPSA) is 74.8 Å². The highest BCUT2D eigenvalue weighted by Gasteiger charge is 2.35. The summed E-state index contributed by atoms with van der Waals surface area (Å²) in [6.45, 7) is 15.3. The molecule has 154 valence electrons. The zero-order valence-corrected chi connectivity index (χ0v) is 19.9. The van der Waals surface area contributed by atoms with E-state index in [0.29, 0.717) is 19.0 Å². The Kier molecular flexibility index (Phi) is 11.1. The summed E-state index contributed by atoms with van der Waals surface area (Å²) in [4.78, 5) is 16.4. The van der Waals surface area contributed by atoms with Gasteiger partial charge in [0.2, 0.25) is 5.91 Å². The fraction of sp³-hybridized carbons (Fsp3) is 0.895. The van der Waals surface area contributed by atoms with Crippen LogP contribution in [0.1, 0.15) is 54.4 Å². The van der Waals surface area contributed by atoms with Crippen molar-refractivity contribution in [3.63, 3.8) is 0 Å². The third-order valence-corrected chi connectivity index (χ3v) is 4.70. The van der Waals surface area contributed by atoms with Gasteiger partial charge in [0.25, 0.3) is 0 Å². The molecular formula is C19H39IN4O2. The molecule has 0 spiro atoms. The first kappa shape index (κ1) is 25.4. The number of aliphatic imine (C=N–C) groups is 1. The zero-order chi connectivity index (χ0) is 19.1. The Labute approximate surface area is 176 Å². The highest BCUT2D eigenvalue weighted by Crippen LogP contribution is 2.33. The van der Waals surface area contributed by atoms with Gasteiger partial charge in [-0.25, -0.2) is 0 Å². The SMILES string of the molecule is CCNC(=O)C(C)(C)CNC(=NC)NCC1CCCOC1C(C)(C)C.I. The molecule has 1 aliphatic rings. The fourth-order valence-electron chi connectivity index (χ4n) is 3.24. The second kappa shape index (κ2) is 11.3. The van der Waals surface area contributed by atoms with Crippen molar-refractivity contribution in [3.8, 4) is 0 Å². The van der Waals surface area contributed by atoms with Gasteiger partial charge >= 0.3 is 0 Å². The number of nitrogens with one attached hydrogen (secondary N) is 3. The molecule has 0 aliphatic carbocycles. The summed E-state index contributed by atoms with van der Waals surface area (Å²) in [5.41, 5.74) is -0.362. The number of guanidine groups is 1. The van der Waals surface area contributed by atoms with Gasteiger partial charge in [0.15, 0.2) is 5.96 Å². The van der Waals surface area contributed by atoms with Gasteiger partial charge in [-0.1, -0.05) is 20.8 Å². The van der Waals surface area contributed by atoms with Gasteiger partial charge in [-0.2, -0.15) is 0 Å². The molecule has 26 heavy (non-hydrogen) atoms. The van der Waals surface area contributed by atoms with E-state index in [-0.39, 0.29) is 41.4 Å². The first-order valence-corrected chi connectivity index (χ1v) is 9.46. The molecule has 2 atom stereocenters. The molecule has 1 fully saturated rings. The first-order chi connectivity index (χ1) is 11.6. The molecule has 0 aromatic heterocycles. The van der Waals surface area contributed by atoms with Crippen molar-refractivity contribution in [2.24, 2.45) is 21.7 Å². The van der Waals surface area contributed by atoms with Crippen molar-refractivity contribution in [3.05, 3.63) is 0 Å². The number of carbonyl (C=O) groups is 1. The molecule has 7 heteroatoms. The molecule has 0 radical (unpaired) electrons. The third-order valence-electron chi connectivity index (χ3n) is 4.70. The number of hydrogen-bond acceptors (Lipinski definition) is 3. The van der Waals surface area contributed by atoms with Crippen molar-refractivity contribution in [2.45, 2.75) is 60.5 Å². The monoisotopic (exact) mass is 482 g/mol. The van der Waals surface area contributed by atoms with E-state index in [4.69, 9.17) is 4.74 Å². The van der Waals surface area contributed by atoms with E-state index in [1.54, 1.807) is 7.05 Å². The van der Waals surface area contributed by atoms with E-state index in [1.807, 2.05) is 20.8 Å². The first-order valence-electron chi connectivity index (χ1n) is 9.46. The Bertz CT molecular complexity index is 461. The number of ether oxygens (including phenoxy) is 1. The molecule has 3 N–H and O–H groups in total. The third kappa shape index (κ3) is 7.98. The molecule has 2 unspecified atom stereocenters. The molecule has 0 aromatic carbocycles. The minimum absolute atomic E-state index is 0. The Morgan fingerprint density at radius 1 is 1.15 bits per heavy atom. The predicted octanol–water partition coefficient (Wildman–Crippen LogP) is 2.77. The molecule has 0 bridgehead atoms. The van der Waals surface area contributed by atoms with Crippen LogP contribution in [-0.4, -0.2) is 51.3 Å². The van der Waals surface area contributed by atoms with Crippen LogP contribution >= 0.6 is 24.0 Å². The summed E-state index contributed by atoms with van der Waals surface area (Å²) in [6.07, 6.45) is 2.52. The van der Waals surface area contributed by atoms with Crippen LogP contribution in [0.4, 0.5) is 0 Å². The molecule has 6 nitrogen and oxygen atoms in total. The summed E-state index contributed by atoms with van der Waals surface area (Å²) >= 11 is 0. The Morgan fingerprint density at radius 2 is 1.81 bits per heavy atom. The van der Waals surface area contributed by atoms with E-state index in [9.17, 15) is 4.79 Å². The maximum atomic E-state index is 12.1. The molecule has 1 aliphatic heterocycles. The Balaban J connectivity index is 0.00000625. The lowest BCUT2D eigenvalue weighted by Gasteiger charge is -2.40. The second-order valence-corrected chi connectivity index (χ2v) is 8.61. The van der Waals surface area contributed by atoms with Crippen molar-refractivity contribution in [1.29, 1.82) is 0 Å². The minimum Gasteiger partial charge on any atom is -0.377 e. The number of rotatable bonds is 6. The van der Waals surface area contributed by atoms with Crippen LogP contribution in [0, 0.1) is 16.7 Å². The molecule has 0 saturated carbocycles. The highest BCUT2D eigenvalue weighted by molar-refractivity contribution is 14.0. The van der Waals surface area contributed by atoms with E-state index < -0.39 is 5.41 Å². The van der Waals surface area contributed by atoms with Crippen LogP contribution in [-0.2, 0) is 9.53 Å². The normalized spacial score (nSPS) is 21.6. The van der Waals surface area contributed by atoms with Crippen molar-refractivity contribution in [2.75, 3.05) is 33.3 Å². The van der Waals surface area contributed by atoms with Crippen LogP contribution in [0.3, 0.4) is 0 Å². The van der Waals surface area contributed by atoms with Crippen molar-refractivity contribution >= 4 is 35.8 Å². The van der Waals surface area contributed by atoms with E-state index in [1.165, 1.54) is 0 Å². The maximum absolute atomic E-state index is 12.1. The Morgan fingerprint density at radius 3 is 2.35 bits per heavy atom. The summed E-state index contributed by atoms with van der Waals surface area (Å²) in [7, 11) is 1.76. The van der Waals surface area contributed by atoms with Crippen LogP contribution in [0.15, 0.2) is 4.99 Å². The maximum Gasteiger partial charge on any atom is 0.227 e. The second-order valence-electron chi connectivity index (χ2n) is 8.61. The largest absolute Gasteiger partial charge is 0.377 e. The van der Waals surface area contributed by atoms with Crippen molar-refractivity contribution < 1.29 is 9.53 Å². The Hall–Kier alpha value is -0.570. The van der Waals surface area contributed by atoms with Crippen molar-refractivity contribution in [1.82, 2.24) is 16.0 Å². The minimum atomic E-state index is -0.491. The smallest absolute Gasteiger partial charge is 0.227 e. The van der Waals surface area contributed by atoms with E-state index >= 15 is 0 Å². The number of halogens is 1. The van der Waals surface area contributed by atoms with Gasteiger partial charge in [-0.15, -0.1) is 24.0 Å². The number of amides is 1. The van der Waals surface area contributed by atoms with E-state index in [0.717, 1.165) is 32.0 Å². The molecular weight excluding hydrogens is 443 g/mol. The van der Waals surface area contributed by atoms with Gasteiger partial charge in [0, 0.05) is 39.2 Å². The number of carbonyl (C=O) groups excluding carboxylic acids is 1. The summed E-state index contributed by atoms with van der Waals surface area (Å²) < 4.78 is 6.04. The molecule has 1 saturated heterocycles. The summed E-state index contributed by atoms with van der Waals surface area (Å²) in [6, 6.07) is 0. The van der Waals surface area contributed by atoms with Gasteiger partial charge in [0.05, 0.1) is 11.5 Å². The van der Waals surface area contributed by atoms with Gasteiger partial charge in [0.1, 0.15) is 0 Å². The standard InChI is InChI=1S/C19H38N4O2.HI/c1-8-21-16(24)19(5,6)13-23-17(20-7)22-12-14-10-9-11-25-15(14)18(2,3)4;/h14-15H,8-13H2,1-7H3,(H,21,24)(H2,20,22,23);1H. The van der Waals surface area contributed by atoms with Crippen LogP contribution in [0.2, 0.25) is 0 Å². The van der Waals surface area contributed by atoms with Crippen LogP contribution in [0.5, 0.6) is 0 Å². The fourth-order valence-corrected chi connectivity index (χ4v) is 3.24. The lowest BCUT2D eigenvalue weighted by molar-refractivity contribution is -0.128. The van der Waals surface area contributed by atoms with E-state index in [2.05, 4.69) is 41.7 Å².